The van der Waals surface area contributed by atoms with Crippen LogP contribution in [0.1, 0.15) is 20.8 Å². The number of carbonyl (C=O) groups excluding carboxylic acids is 1. The van der Waals surface area contributed by atoms with E-state index in [2.05, 4.69) is 5.32 Å². The molecule has 0 spiro atoms. The summed E-state index contributed by atoms with van der Waals surface area (Å²) in [7, 11) is -3.37. The molecule has 0 unspecified atom stereocenters. The Bertz CT molecular complexity index is 371. The molecule has 0 aliphatic heterocycles. The van der Waals surface area contributed by atoms with Gasteiger partial charge in [-0.1, -0.05) is 6.92 Å². The van der Waals surface area contributed by atoms with Crippen LogP contribution in [0.15, 0.2) is 0 Å². The second-order valence-corrected chi connectivity index (χ2v) is 6.50. The van der Waals surface area contributed by atoms with Gasteiger partial charge in [-0.05, 0) is 13.8 Å². The molecule has 7 heteroatoms. The number of hydrogen-bond donors (Lipinski definition) is 2. The standard InChI is InChI=1S/C9H17NO5S/c1-4-16(14,15)5-7(11)10-6-9(2,3)8(12)13/h4-6H2,1-3H3,(H,10,11)(H,12,13). The second-order valence-electron chi connectivity index (χ2n) is 4.14. The summed E-state index contributed by atoms with van der Waals surface area (Å²) in [6.45, 7) is 4.25. The van der Waals surface area contributed by atoms with E-state index in [0.717, 1.165) is 0 Å². The summed E-state index contributed by atoms with van der Waals surface area (Å²) in [5.41, 5.74) is -1.11. The highest BCUT2D eigenvalue weighted by Gasteiger charge is 2.28. The van der Waals surface area contributed by atoms with Gasteiger partial charge in [-0.3, -0.25) is 9.59 Å². The Kier molecular flexibility index (Phi) is 4.92. The quantitative estimate of drug-likeness (QED) is 0.672. The van der Waals surface area contributed by atoms with E-state index in [4.69, 9.17) is 5.11 Å². The van der Waals surface area contributed by atoms with E-state index in [-0.39, 0.29) is 12.3 Å². The van der Waals surface area contributed by atoms with Crippen LogP contribution >= 0.6 is 0 Å². The van der Waals surface area contributed by atoms with Crippen LogP contribution in [0.4, 0.5) is 0 Å². The lowest BCUT2D eigenvalue weighted by molar-refractivity contribution is -0.146. The third-order valence-electron chi connectivity index (χ3n) is 2.10. The third-order valence-corrected chi connectivity index (χ3v) is 3.68. The molecule has 0 aliphatic carbocycles. The number of nitrogens with one attached hydrogen (secondary N) is 1. The zero-order valence-electron chi connectivity index (χ0n) is 9.61. The lowest BCUT2D eigenvalue weighted by atomic mass is 9.94. The van der Waals surface area contributed by atoms with E-state index < -0.39 is 32.9 Å². The molecule has 0 saturated carbocycles. The van der Waals surface area contributed by atoms with Gasteiger partial charge in [-0.25, -0.2) is 8.42 Å². The normalized spacial score (nSPS) is 12.2. The monoisotopic (exact) mass is 251 g/mol. The number of carboxylic acid groups (broad SMARTS) is 1. The van der Waals surface area contributed by atoms with E-state index in [1.54, 1.807) is 0 Å². The topological polar surface area (TPSA) is 101 Å². The van der Waals surface area contributed by atoms with Crippen LogP contribution in [0.25, 0.3) is 0 Å². The number of carbonyl (C=O) groups is 2. The summed E-state index contributed by atoms with van der Waals surface area (Å²) in [6, 6.07) is 0. The van der Waals surface area contributed by atoms with Crippen LogP contribution in [0.3, 0.4) is 0 Å². The van der Waals surface area contributed by atoms with Gasteiger partial charge in [0.05, 0.1) is 5.41 Å². The number of rotatable bonds is 6. The molecule has 0 aromatic carbocycles. The summed E-state index contributed by atoms with van der Waals surface area (Å²) < 4.78 is 22.2. The number of hydrogen-bond acceptors (Lipinski definition) is 4. The third kappa shape index (κ3) is 5.11. The molecule has 1 amide bonds. The molecule has 6 nitrogen and oxygen atoms in total. The first kappa shape index (κ1) is 14.9. The highest BCUT2D eigenvalue weighted by Crippen LogP contribution is 2.12. The van der Waals surface area contributed by atoms with Crippen LogP contribution in [-0.4, -0.2) is 43.5 Å². The Morgan fingerprint density at radius 1 is 1.31 bits per heavy atom. The molecule has 94 valence electrons. The molecule has 0 aliphatic rings. The average Bonchev–Trinajstić information content (AvgIpc) is 2.14. The first-order valence-corrected chi connectivity index (χ1v) is 6.63. The van der Waals surface area contributed by atoms with E-state index in [9.17, 15) is 18.0 Å². The van der Waals surface area contributed by atoms with E-state index in [1.165, 1.54) is 20.8 Å². The molecule has 0 bridgehead atoms. The van der Waals surface area contributed by atoms with Gasteiger partial charge in [0, 0.05) is 12.3 Å². The predicted octanol–water partition coefficient (Wildman–Crippen LogP) is -0.352. The van der Waals surface area contributed by atoms with Crippen LogP contribution in [-0.2, 0) is 19.4 Å². The maximum atomic E-state index is 11.2. The molecule has 0 heterocycles. The Morgan fingerprint density at radius 2 is 1.81 bits per heavy atom. The molecule has 0 aromatic heterocycles. The van der Waals surface area contributed by atoms with Crippen molar-refractivity contribution in [3.8, 4) is 0 Å². The van der Waals surface area contributed by atoms with Crippen LogP contribution in [0.2, 0.25) is 0 Å². The number of amides is 1. The summed E-state index contributed by atoms with van der Waals surface area (Å²) >= 11 is 0. The smallest absolute Gasteiger partial charge is 0.310 e. The highest BCUT2D eigenvalue weighted by atomic mass is 32.2. The number of sulfone groups is 1. The molecular formula is C9H17NO5S. The minimum Gasteiger partial charge on any atom is -0.481 e. The summed E-state index contributed by atoms with van der Waals surface area (Å²) in [5, 5.41) is 11.1. The molecule has 2 N–H and O–H groups in total. The van der Waals surface area contributed by atoms with Crippen molar-refractivity contribution >= 4 is 21.7 Å². The maximum absolute atomic E-state index is 11.2. The van der Waals surface area contributed by atoms with Gasteiger partial charge in [-0.2, -0.15) is 0 Å². The fourth-order valence-corrected chi connectivity index (χ4v) is 1.45. The van der Waals surface area contributed by atoms with Crippen molar-refractivity contribution in [3.05, 3.63) is 0 Å². The molecule has 0 saturated heterocycles. The molecule has 0 rings (SSSR count). The van der Waals surface area contributed by atoms with Crippen LogP contribution in [0, 0.1) is 5.41 Å². The van der Waals surface area contributed by atoms with Crippen molar-refractivity contribution in [2.75, 3.05) is 18.1 Å². The van der Waals surface area contributed by atoms with Crippen LogP contribution < -0.4 is 5.32 Å². The highest BCUT2D eigenvalue weighted by molar-refractivity contribution is 7.92. The minimum absolute atomic E-state index is 0.0968. The van der Waals surface area contributed by atoms with Crippen molar-refractivity contribution in [2.24, 2.45) is 5.41 Å². The molecular weight excluding hydrogens is 234 g/mol. The maximum Gasteiger partial charge on any atom is 0.310 e. The van der Waals surface area contributed by atoms with E-state index in [1.807, 2.05) is 0 Å². The Balaban J connectivity index is 4.25. The van der Waals surface area contributed by atoms with E-state index in [0.29, 0.717) is 0 Å². The van der Waals surface area contributed by atoms with Crippen molar-refractivity contribution in [3.63, 3.8) is 0 Å². The SMILES string of the molecule is CCS(=O)(=O)CC(=O)NCC(C)(C)C(=O)O. The van der Waals surface area contributed by atoms with Gasteiger partial charge >= 0.3 is 5.97 Å². The van der Waals surface area contributed by atoms with Crippen LogP contribution in [0.5, 0.6) is 0 Å². The number of carboxylic acids is 1. The first-order valence-electron chi connectivity index (χ1n) is 4.81. The van der Waals surface area contributed by atoms with Crippen molar-refractivity contribution in [1.29, 1.82) is 0 Å². The number of aliphatic carboxylic acids is 1. The molecule has 0 radical (unpaired) electrons. The van der Waals surface area contributed by atoms with Gasteiger partial charge in [-0.15, -0.1) is 0 Å². The van der Waals surface area contributed by atoms with Gasteiger partial charge < -0.3 is 10.4 Å². The largest absolute Gasteiger partial charge is 0.481 e. The molecule has 16 heavy (non-hydrogen) atoms. The Labute approximate surface area is 95.0 Å². The van der Waals surface area contributed by atoms with Gasteiger partial charge in [0.25, 0.3) is 0 Å². The van der Waals surface area contributed by atoms with Crippen molar-refractivity contribution in [2.45, 2.75) is 20.8 Å². The summed E-state index contributed by atoms with van der Waals surface area (Å²) in [4.78, 5) is 21.9. The summed E-state index contributed by atoms with van der Waals surface area (Å²) in [5.74, 6) is -2.43. The van der Waals surface area contributed by atoms with E-state index >= 15 is 0 Å². The van der Waals surface area contributed by atoms with Crippen molar-refractivity contribution < 1.29 is 23.1 Å². The Morgan fingerprint density at radius 3 is 2.19 bits per heavy atom. The second kappa shape index (κ2) is 5.29. The Hall–Kier alpha value is -1.11. The first-order chi connectivity index (χ1) is 7.10. The van der Waals surface area contributed by atoms with Crippen molar-refractivity contribution in [1.82, 2.24) is 5.32 Å². The fraction of sp³-hybridized carbons (Fsp3) is 0.778. The predicted molar refractivity (Wildman–Crippen MR) is 58.8 cm³/mol. The molecule has 0 fully saturated rings. The lowest BCUT2D eigenvalue weighted by Gasteiger charge is -2.19. The minimum atomic E-state index is -3.37. The zero-order chi connectivity index (χ0) is 13.0. The fourth-order valence-electron chi connectivity index (χ4n) is 0.748. The van der Waals surface area contributed by atoms with Gasteiger partial charge in [0.15, 0.2) is 9.84 Å². The summed E-state index contributed by atoms with van der Waals surface area (Å²) in [6.07, 6.45) is 0. The zero-order valence-corrected chi connectivity index (χ0v) is 10.4. The van der Waals surface area contributed by atoms with Gasteiger partial charge in [0.2, 0.25) is 5.91 Å². The molecule has 0 atom stereocenters. The molecule has 0 aromatic rings. The lowest BCUT2D eigenvalue weighted by Crippen LogP contribution is -2.41. The average molecular weight is 251 g/mol. The van der Waals surface area contributed by atoms with Gasteiger partial charge in [0.1, 0.15) is 5.75 Å².